The Morgan fingerprint density at radius 3 is 0.922 bits per heavy atom. The van der Waals surface area contributed by atoms with Crippen LogP contribution in [0, 0.1) is 0 Å². The minimum Gasteiger partial charge on any atom is -0.394 e. The first-order chi connectivity index (χ1) is 25.1. The third-order valence-corrected chi connectivity index (χ3v) is 11.2. The minimum atomic E-state index is -0.0682. The molecule has 0 aliphatic rings. The van der Waals surface area contributed by atoms with E-state index >= 15 is 0 Å². The van der Waals surface area contributed by atoms with Crippen LogP contribution in [-0.2, 0) is 9.59 Å². The molecule has 0 aliphatic heterocycles. The van der Waals surface area contributed by atoms with Gasteiger partial charge in [0.2, 0.25) is 5.91 Å². The van der Waals surface area contributed by atoms with Gasteiger partial charge >= 0.3 is 0 Å². The average molecular weight is 720 g/mol. The summed E-state index contributed by atoms with van der Waals surface area (Å²) in [5.41, 5.74) is 0. The number of hydrogen-bond acceptors (Lipinski definition) is 3. The molecule has 0 spiro atoms. The van der Waals surface area contributed by atoms with Gasteiger partial charge in [0.05, 0.1) is 12.6 Å². The lowest BCUT2D eigenvalue weighted by Crippen LogP contribution is -2.37. The second-order valence-corrected chi connectivity index (χ2v) is 16.4. The van der Waals surface area contributed by atoms with E-state index in [4.69, 9.17) is 0 Å². The van der Waals surface area contributed by atoms with E-state index in [-0.39, 0.29) is 18.6 Å². The second-order valence-electron chi connectivity index (χ2n) is 16.4. The topological polar surface area (TPSA) is 66.4 Å². The summed E-state index contributed by atoms with van der Waals surface area (Å²) in [6.45, 7) is 4.62. The molecule has 0 saturated heterocycles. The quantitative estimate of drug-likeness (QED) is 0.0616. The molecule has 2 N–H and O–H groups in total. The minimum absolute atomic E-state index is 0.0589. The van der Waals surface area contributed by atoms with E-state index in [1.54, 1.807) is 0 Å². The molecule has 0 unspecified atom stereocenters. The summed E-state index contributed by atoms with van der Waals surface area (Å²) >= 11 is 0. The third kappa shape index (κ3) is 41.7. The fraction of sp³-hybridized carbons (Fsp3) is 0.957. The molecule has 51 heavy (non-hydrogen) atoms. The number of Topliss-reactive ketones (excluding diaryl/α,β-unsaturated/α-hetero) is 1. The van der Waals surface area contributed by atoms with E-state index in [0.29, 0.717) is 12.2 Å². The number of amides is 1. The Morgan fingerprint density at radius 1 is 0.373 bits per heavy atom. The van der Waals surface area contributed by atoms with Gasteiger partial charge in [-0.05, 0) is 25.7 Å². The first-order valence-corrected chi connectivity index (χ1v) is 23.6. The fourth-order valence-electron chi connectivity index (χ4n) is 7.58. The highest BCUT2D eigenvalue weighted by molar-refractivity contribution is 5.78. The summed E-state index contributed by atoms with van der Waals surface area (Å²) in [6.07, 6.45) is 51.6. The lowest BCUT2D eigenvalue weighted by molar-refractivity contribution is -0.122. The van der Waals surface area contributed by atoms with Crippen LogP contribution in [0.4, 0.5) is 0 Å². The Hall–Kier alpha value is -0.900. The number of aliphatic hydroxyl groups excluding tert-OH is 1. The summed E-state index contributed by atoms with van der Waals surface area (Å²) in [7, 11) is 0. The van der Waals surface area contributed by atoms with E-state index < -0.39 is 0 Å². The molecule has 0 aliphatic carbocycles. The van der Waals surface area contributed by atoms with Crippen molar-refractivity contribution in [1.82, 2.24) is 5.32 Å². The monoisotopic (exact) mass is 720 g/mol. The van der Waals surface area contributed by atoms with Crippen LogP contribution in [0.1, 0.15) is 277 Å². The van der Waals surface area contributed by atoms with E-state index in [1.807, 2.05) is 0 Å². The van der Waals surface area contributed by atoms with Gasteiger partial charge in [0, 0.05) is 19.3 Å². The zero-order valence-corrected chi connectivity index (χ0v) is 35.0. The molecular formula is C47H93NO3. The normalized spacial score (nSPS) is 12.1. The highest BCUT2D eigenvalue weighted by atomic mass is 16.3. The Bertz CT molecular complexity index is 695. The van der Waals surface area contributed by atoms with E-state index in [9.17, 15) is 14.7 Å². The molecular weight excluding hydrogens is 627 g/mol. The van der Waals surface area contributed by atoms with Crippen molar-refractivity contribution >= 4 is 11.7 Å². The molecule has 0 fully saturated rings. The summed E-state index contributed by atoms with van der Waals surface area (Å²) in [5, 5.41) is 12.8. The van der Waals surface area contributed by atoms with Crippen LogP contribution in [0.25, 0.3) is 0 Å². The summed E-state index contributed by atoms with van der Waals surface area (Å²) in [4.78, 5) is 24.6. The number of aliphatic hydroxyl groups is 1. The molecule has 0 bridgehead atoms. The predicted molar refractivity (Wildman–Crippen MR) is 225 cm³/mol. The van der Waals surface area contributed by atoms with Gasteiger partial charge in [0.1, 0.15) is 5.78 Å². The number of hydrogen-bond donors (Lipinski definition) is 2. The molecule has 1 atom stereocenters. The van der Waals surface area contributed by atoms with Crippen molar-refractivity contribution in [3.63, 3.8) is 0 Å². The van der Waals surface area contributed by atoms with Gasteiger partial charge in [-0.1, -0.05) is 232 Å². The number of carbonyl (C=O) groups is 2. The number of rotatable bonds is 44. The van der Waals surface area contributed by atoms with Gasteiger partial charge in [0.25, 0.3) is 0 Å². The smallest absolute Gasteiger partial charge is 0.220 e. The van der Waals surface area contributed by atoms with Gasteiger partial charge in [0.15, 0.2) is 0 Å². The molecule has 0 radical (unpaired) electrons. The first kappa shape index (κ1) is 50.1. The molecule has 1 amide bonds. The molecule has 0 aromatic carbocycles. The van der Waals surface area contributed by atoms with Crippen molar-refractivity contribution in [2.75, 3.05) is 6.61 Å². The third-order valence-electron chi connectivity index (χ3n) is 11.2. The van der Waals surface area contributed by atoms with Crippen LogP contribution in [-0.4, -0.2) is 29.4 Å². The summed E-state index contributed by atoms with van der Waals surface area (Å²) in [6, 6.07) is -0.0682. The van der Waals surface area contributed by atoms with Gasteiger partial charge in [-0.25, -0.2) is 0 Å². The Morgan fingerprint density at radius 2 is 0.627 bits per heavy atom. The number of nitrogens with one attached hydrogen (secondary N) is 1. The van der Waals surface area contributed by atoms with Gasteiger partial charge < -0.3 is 10.4 Å². The van der Waals surface area contributed by atoms with Crippen molar-refractivity contribution in [3.05, 3.63) is 0 Å². The van der Waals surface area contributed by atoms with Crippen LogP contribution in [0.2, 0.25) is 0 Å². The van der Waals surface area contributed by atoms with E-state index in [2.05, 4.69) is 19.2 Å². The summed E-state index contributed by atoms with van der Waals surface area (Å²) < 4.78 is 0. The van der Waals surface area contributed by atoms with Crippen molar-refractivity contribution in [1.29, 1.82) is 0 Å². The fourth-order valence-corrected chi connectivity index (χ4v) is 7.58. The molecule has 0 aromatic rings. The Labute approximate surface area is 320 Å². The molecule has 4 nitrogen and oxygen atoms in total. The molecule has 0 rings (SSSR count). The largest absolute Gasteiger partial charge is 0.394 e. The van der Waals surface area contributed by atoms with Crippen molar-refractivity contribution < 1.29 is 14.7 Å². The summed E-state index contributed by atoms with van der Waals surface area (Å²) in [5.74, 6) is 0.615. The molecule has 4 heteroatoms. The number of ketones is 1. The van der Waals surface area contributed by atoms with E-state index in [0.717, 1.165) is 51.4 Å². The van der Waals surface area contributed by atoms with Crippen molar-refractivity contribution in [2.45, 2.75) is 283 Å². The molecule has 304 valence electrons. The van der Waals surface area contributed by atoms with Crippen molar-refractivity contribution in [3.8, 4) is 0 Å². The zero-order valence-electron chi connectivity index (χ0n) is 35.0. The van der Waals surface area contributed by atoms with Crippen LogP contribution in [0.3, 0.4) is 0 Å². The van der Waals surface area contributed by atoms with Gasteiger partial charge in [-0.3, -0.25) is 9.59 Å². The maximum atomic E-state index is 12.4. The predicted octanol–water partition coefficient (Wildman–Crippen LogP) is 15.1. The standard InChI is InChI=1S/C47H93NO3/c1-3-5-7-9-11-13-15-16-17-21-24-28-32-36-40-45(44-49)48-47(51)43-39-35-31-27-23-19-18-22-26-30-34-38-42-46(50)41-37-33-29-25-20-14-12-10-8-6-4-2/h45,49H,3-44H2,1-2H3,(H,48,51)/t45-/m0/s1. The molecule has 0 heterocycles. The molecule has 0 saturated carbocycles. The first-order valence-electron chi connectivity index (χ1n) is 23.6. The Balaban J connectivity index is 3.38. The maximum Gasteiger partial charge on any atom is 0.220 e. The SMILES string of the molecule is CCCCCCCCCCCCCCCC[C@@H](CO)NC(=O)CCCCCCCCCCCCCCC(=O)CCCCCCCCCCCCC. The van der Waals surface area contributed by atoms with Crippen LogP contribution >= 0.6 is 0 Å². The maximum absolute atomic E-state index is 12.4. The lowest BCUT2D eigenvalue weighted by Gasteiger charge is -2.16. The van der Waals surface area contributed by atoms with Crippen LogP contribution in [0.5, 0.6) is 0 Å². The number of unbranched alkanes of at least 4 members (excludes halogenated alkanes) is 34. The van der Waals surface area contributed by atoms with Gasteiger partial charge in [-0.15, -0.1) is 0 Å². The Kier molecular flexibility index (Phi) is 42.7. The zero-order chi connectivity index (χ0) is 37.1. The van der Waals surface area contributed by atoms with Crippen molar-refractivity contribution in [2.24, 2.45) is 0 Å². The lowest BCUT2D eigenvalue weighted by atomic mass is 10.0. The molecule has 0 aromatic heterocycles. The number of carbonyl (C=O) groups excluding carboxylic acids is 2. The highest BCUT2D eigenvalue weighted by Crippen LogP contribution is 2.17. The van der Waals surface area contributed by atoms with E-state index in [1.165, 1.54) is 205 Å². The highest BCUT2D eigenvalue weighted by Gasteiger charge is 2.11. The van der Waals surface area contributed by atoms with Crippen LogP contribution < -0.4 is 5.32 Å². The average Bonchev–Trinajstić information content (AvgIpc) is 3.13. The van der Waals surface area contributed by atoms with Gasteiger partial charge in [-0.2, -0.15) is 0 Å². The van der Waals surface area contributed by atoms with Crippen LogP contribution in [0.15, 0.2) is 0 Å². The second kappa shape index (κ2) is 43.5.